The molecule has 3 rings (SSSR count). The second-order valence-electron chi connectivity index (χ2n) is 5.37. The fourth-order valence-electron chi connectivity index (χ4n) is 2.26. The lowest BCUT2D eigenvalue weighted by Crippen LogP contribution is -2.22. The topological polar surface area (TPSA) is 56.1 Å². The number of hydrogen-bond donors (Lipinski definition) is 1. The molecule has 0 saturated heterocycles. The molecule has 0 aliphatic rings. The molecule has 8 heteroatoms. The summed E-state index contributed by atoms with van der Waals surface area (Å²) in [5.41, 5.74) is 0.706. The second-order valence-corrected chi connectivity index (χ2v) is 6.18. The van der Waals surface area contributed by atoms with Crippen LogP contribution in [0.1, 0.15) is 5.56 Å². The molecule has 0 fully saturated rings. The van der Waals surface area contributed by atoms with Gasteiger partial charge in [0.2, 0.25) is 0 Å². The molecule has 0 radical (unpaired) electrons. The summed E-state index contributed by atoms with van der Waals surface area (Å²) in [4.78, 5) is 12.1. The highest BCUT2D eigenvalue weighted by molar-refractivity contribution is 6.35. The largest absolute Gasteiger partial charge is 0.484 e. The molecule has 0 spiro atoms. The Hall–Kier alpha value is -2.57. The zero-order chi connectivity index (χ0) is 18.5. The Kier molecular flexibility index (Phi) is 5.75. The minimum absolute atomic E-state index is 0.219. The van der Waals surface area contributed by atoms with E-state index in [0.29, 0.717) is 33.7 Å². The van der Waals surface area contributed by atoms with Crippen LogP contribution in [-0.2, 0) is 11.3 Å². The average molecular weight is 394 g/mol. The van der Waals surface area contributed by atoms with E-state index in [1.807, 2.05) is 0 Å². The average Bonchev–Trinajstić information content (AvgIpc) is 3.04. The van der Waals surface area contributed by atoms with Crippen molar-refractivity contribution in [1.82, 2.24) is 9.78 Å². The summed E-state index contributed by atoms with van der Waals surface area (Å²) in [5, 5.41) is 7.92. The van der Waals surface area contributed by atoms with E-state index in [9.17, 15) is 9.18 Å². The fourth-order valence-corrected chi connectivity index (χ4v) is 2.77. The van der Waals surface area contributed by atoms with Gasteiger partial charge in [0.05, 0.1) is 12.7 Å². The van der Waals surface area contributed by atoms with Crippen LogP contribution in [0.3, 0.4) is 0 Å². The molecule has 1 heterocycles. The van der Waals surface area contributed by atoms with Crippen molar-refractivity contribution in [3.63, 3.8) is 0 Å². The second kappa shape index (κ2) is 8.21. The predicted molar refractivity (Wildman–Crippen MR) is 98.3 cm³/mol. The van der Waals surface area contributed by atoms with Gasteiger partial charge >= 0.3 is 0 Å². The van der Waals surface area contributed by atoms with Crippen molar-refractivity contribution in [2.24, 2.45) is 0 Å². The van der Waals surface area contributed by atoms with Crippen molar-refractivity contribution in [2.45, 2.75) is 6.54 Å². The molecule has 0 saturated carbocycles. The van der Waals surface area contributed by atoms with Gasteiger partial charge in [-0.05, 0) is 36.4 Å². The molecular formula is C18H14Cl2FN3O2. The third-order valence-corrected chi connectivity index (χ3v) is 4.25. The highest BCUT2D eigenvalue weighted by atomic mass is 35.5. The molecule has 0 atom stereocenters. The zero-order valence-electron chi connectivity index (χ0n) is 13.5. The van der Waals surface area contributed by atoms with Gasteiger partial charge in [0.1, 0.15) is 17.4 Å². The van der Waals surface area contributed by atoms with E-state index in [2.05, 4.69) is 10.4 Å². The number of anilines is 1. The van der Waals surface area contributed by atoms with Crippen molar-refractivity contribution >= 4 is 34.9 Å². The number of amides is 1. The van der Waals surface area contributed by atoms with Crippen LogP contribution in [0.15, 0.2) is 54.7 Å². The van der Waals surface area contributed by atoms with Crippen LogP contribution in [0.2, 0.25) is 10.0 Å². The summed E-state index contributed by atoms with van der Waals surface area (Å²) >= 11 is 12.3. The number of hydrogen-bond acceptors (Lipinski definition) is 3. The zero-order valence-corrected chi connectivity index (χ0v) is 15.0. The van der Waals surface area contributed by atoms with Gasteiger partial charge in [-0.1, -0.05) is 29.3 Å². The molecule has 2 aromatic carbocycles. The Morgan fingerprint density at radius 1 is 1.12 bits per heavy atom. The third-order valence-electron chi connectivity index (χ3n) is 3.54. The van der Waals surface area contributed by atoms with Gasteiger partial charge in [0.15, 0.2) is 6.61 Å². The van der Waals surface area contributed by atoms with Crippen molar-refractivity contribution in [2.75, 3.05) is 11.9 Å². The van der Waals surface area contributed by atoms with Crippen LogP contribution < -0.4 is 10.1 Å². The molecule has 134 valence electrons. The van der Waals surface area contributed by atoms with Gasteiger partial charge in [-0.2, -0.15) is 5.10 Å². The van der Waals surface area contributed by atoms with Crippen LogP contribution in [0.25, 0.3) is 0 Å². The lowest BCUT2D eigenvalue weighted by molar-refractivity contribution is -0.118. The van der Waals surface area contributed by atoms with Gasteiger partial charge in [0.25, 0.3) is 5.91 Å². The molecule has 26 heavy (non-hydrogen) atoms. The van der Waals surface area contributed by atoms with Crippen LogP contribution in [-0.4, -0.2) is 22.3 Å². The summed E-state index contributed by atoms with van der Waals surface area (Å²) in [6.45, 7) is 0.0869. The number of nitrogens with zero attached hydrogens (tertiary/aromatic N) is 2. The van der Waals surface area contributed by atoms with E-state index in [1.165, 1.54) is 24.3 Å². The van der Waals surface area contributed by atoms with Gasteiger partial charge in [0, 0.05) is 21.7 Å². The summed E-state index contributed by atoms with van der Waals surface area (Å²) in [5.74, 6) is 0.136. The lowest BCUT2D eigenvalue weighted by Gasteiger charge is -2.12. The summed E-state index contributed by atoms with van der Waals surface area (Å²) in [6.07, 6.45) is 1.56. The van der Waals surface area contributed by atoms with E-state index in [-0.39, 0.29) is 18.3 Å². The third kappa shape index (κ3) is 4.53. The minimum atomic E-state index is -0.374. The molecule has 3 aromatic rings. The Morgan fingerprint density at radius 2 is 1.81 bits per heavy atom. The Balaban J connectivity index is 1.63. The lowest BCUT2D eigenvalue weighted by atomic mass is 10.2. The van der Waals surface area contributed by atoms with E-state index in [1.54, 1.807) is 35.1 Å². The maximum absolute atomic E-state index is 12.9. The van der Waals surface area contributed by atoms with Crippen LogP contribution in [0.4, 0.5) is 10.2 Å². The van der Waals surface area contributed by atoms with Crippen molar-refractivity contribution in [3.05, 3.63) is 76.2 Å². The van der Waals surface area contributed by atoms with E-state index >= 15 is 0 Å². The molecule has 5 nitrogen and oxygen atoms in total. The van der Waals surface area contributed by atoms with Crippen molar-refractivity contribution in [3.8, 4) is 5.75 Å². The standard InChI is InChI=1S/C18H14Cl2FN3O2/c19-15-2-1-3-16(20)14(15)10-24-17(8-9-22-24)23-18(25)11-26-13-6-4-12(21)5-7-13/h1-9H,10-11H2,(H,23,25). The Morgan fingerprint density at radius 3 is 2.50 bits per heavy atom. The SMILES string of the molecule is O=C(COc1ccc(F)cc1)Nc1ccnn1Cc1c(Cl)cccc1Cl. The molecule has 1 amide bonds. The number of rotatable bonds is 6. The number of nitrogens with one attached hydrogen (secondary N) is 1. The number of ether oxygens (including phenoxy) is 1. The van der Waals surface area contributed by atoms with Crippen LogP contribution >= 0.6 is 23.2 Å². The smallest absolute Gasteiger partial charge is 0.263 e. The fraction of sp³-hybridized carbons (Fsp3) is 0.111. The monoisotopic (exact) mass is 393 g/mol. The molecule has 1 aromatic heterocycles. The first-order chi connectivity index (χ1) is 12.5. The van der Waals surface area contributed by atoms with E-state index in [4.69, 9.17) is 27.9 Å². The predicted octanol–water partition coefficient (Wildman–Crippen LogP) is 4.39. The number of carbonyl (C=O) groups is 1. The molecule has 0 unspecified atom stereocenters. The molecule has 0 aliphatic heterocycles. The molecule has 0 aliphatic carbocycles. The van der Waals surface area contributed by atoms with Gasteiger partial charge in [-0.25, -0.2) is 9.07 Å². The summed E-state index contributed by atoms with van der Waals surface area (Å²) in [6, 6.07) is 12.3. The Bertz CT molecular complexity index is 893. The summed E-state index contributed by atoms with van der Waals surface area (Å²) in [7, 11) is 0. The highest BCUT2D eigenvalue weighted by Crippen LogP contribution is 2.26. The maximum Gasteiger partial charge on any atom is 0.263 e. The number of halogens is 3. The molecule has 0 bridgehead atoms. The molecular weight excluding hydrogens is 380 g/mol. The van der Waals surface area contributed by atoms with Gasteiger partial charge in [-0.15, -0.1) is 0 Å². The van der Waals surface area contributed by atoms with Crippen LogP contribution in [0.5, 0.6) is 5.75 Å². The van der Waals surface area contributed by atoms with Crippen molar-refractivity contribution < 1.29 is 13.9 Å². The number of benzene rings is 2. The van der Waals surface area contributed by atoms with Gasteiger partial charge < -0.3 is 10.1 Å². The first kappa shape index (κ1) is 18.2. The molecule has 1 N–H and O–H groups in total. The minimum Gasteiger partial charge on any atom is -0.484 e. The van der Waals surface area contributed by atoms with E-state index < -0.39 is 0 Å². The number of carbonyl (C=O) groups excluding carboxylic acids is 1. The van der Waals surface area contributed by atoms with Gasteiger partial charge in [-0.3, -0.25) is 4.79 Å². The first-order valence-corrected chi connectivity index (χ1v) is 8.41. The van der Waals surface area contributed by atoms with Crippen LogP contribution in [0, 0.1) is 5.82 Å². The number of aromatic nitrogens is 2. The first-order valence-electron chi connectivity index (χ1n) is 7.66. The highest BCUT2D eigenvalue weighted by Gasteiger charge is 2.12. The van der Waals surface area contributed by atoms with E-state index in [0.717, 1.165) is 0 Å². The normalized spacial score (nSPS) is 10.6. The quantitative estimate of drug-likeness (QED) is 0.675. The van der Waals surface area contributed by atoms with Crippen molar-refractivity contribution in [1.29, 1.82) is 0 Å². The maximum atomic E-state index is 12.9. The summed E-state index contributed by atoms with van der Waals surface area (Å²) < 4.78 is 19.7. The Labute approximate surface area is 159 Å².